The van der Waals surface area contributed by atoms with E-state index in [-0.39, 0.29) is 22.5 Å². The molecular formula is C24H26F2N6O. The molecule has 9 heteroatoms. The molecule has 1 saturated heterocycles. The number of rotatable bonds is 3. The Morgan fingerprint density at radius 3 is 2.36 bits per heavy atom. The van der Waals surface area contributed by atoms with E-state index in [0.717, 1.165) is 6.07 Å². The zero-order valence-corrected chi connectivity index (χ0v) is 18.5. The summed E-state index contributed by atoms with van der Waals surface area (Å²) in [6.45, 7) is 6.50. The van der Waals surface area contributed by atoms with Crippen LogP contribution in [0.4, 0.5) is 14.6 Å². The maximum atomic E-state index is 14.7. The Hall–Kier alpha value is -3.72. The average molecular weight is 453 g/mol. The van der Waals surface area contributed by atoms with Crippen molar-refractivity contribution in [1.29, 1.82) is 0 Å². The molecule has 1 aliphatic rings. The lowest BCUT2D eigenvalue weighted by molar-refractivity contribution is 0.103. The predicted molar refractivity (Wildman–Crippen MR) is 125 cm³/mol. The van der Waals surface area contributed by atoms with E-state index in [1.165, 1.54) is 62.6 Å². The van der Waals surface area contributed by atoms with Crippen molar-refractivity contribution in [3.05, 3.63) is 71.6 Å². The molecule has 33 heavy (non-hydrogen) atoms. The number of nitrogens with zero attached hydrogens (tertiary/aromatic N) is 3. The number of halogens is 2. The standard InChI is InChI=1S/C18H11F2N5O.C4H9N.C2H6/c19-12-4-2-1-3-11(12)16(26)9-5-6-10(13(20)7-9)15-14-17(21)22-8-23-18(14)25-24-15;1-2-4-5-3-1;1-2/h1-8H,(H3,21,22,23,24,25);5H,1-4H2;1-2H3. The fraction of sp³-hybridized carbons (Fsp3) is 0.250. The van der Waals surface area contributed by atoms with Crippen molar-refractivity contribution in [1.82, 2.24) is 25.5 Å². The third kappa shape index (κ3) is 5.38. The van der Waals surface area contributed by atoms with Crippen LogP contribution in [0.15, 0.2) is 48.8 Å². The summed E-state index contributed by atoms with van der Waals surface area (Å²) >= 11 is 0. The number of aromatic nitrogens is 4. The van der Waals surface area contributed by atoms with Gasteiger partial charge in [-0.3, -0.25) is 9.89 Å². The van der Waals surface area contributed by atoms with Crippen molar-refractivity contribution < 1.29 is 13.6 Å². The number of nitrogens with one attached hydrogen (secondary N) is 2. The van der Waals surface area contributed by atoms with E-state index in [0.29, 0.717) is 16.7 Å². The van der Waals surface area contributed by atoms with Gasteiger partial charge in [0.1, 0.15) is 23.8 Å². The Morgan fingerprint density at radius 1 is 1.00 bits per heavy atom. The minimum atomic E-state index is -0.680. The molecule has 0 radical (unpaired) electrons. The molecular weight excluding hydrogens is 426 g/mol. The molecule has 4 N–H and O–H groups in total. The number of benzene rings is 2. The molecule has 172 valence electrons. The highest BCUT2D eigenvalue weighted by atomic mass is 19.1. The molecule has 0 aliphatic carbocycles. The Labute approximate surface area is 190 Å². The van der Waals surface area contributed by atoms with Crippen molar-refractivity contribution in [3.8, 4) is 11.3 Å². The molecule has 0 amide bonds. The molecule has 0 spiro atoms. The Bertz CT molecular complexity index is 1230. The number of nitrogens with two attached hydrogens (primary N) is 1. The van der Waals surface area contributed by atoms with Crippen LogP contribution >= 0.6 is 0 Å². The third-order valence-corrected chi connectivity index (χ3v) is 4.96. The van der Waals surface area contributed by atoms with Crippen LogP contribution in [0.5, 0.6) is 0 Å². The third-order valence-electron chi connectivity index (χ3n) is 4.96. The molecule has 2 aromatic carbocycles. The first-order valence-corrected chi connectivity index (χ1v) is 10.8. The SMILES string of the molecule is C1CCNC1.CC.Nc1ncnc2n[nH]c(-c3ccc(C(=O)c4ccccc4F)cc3F)c12. The molecule has 7 nitrogen and oxygen atoms in total. The number of hydrogen-bond donors (Lipinski definition) is 3. The van der Waals surface area contributed by atoms with Gasteiger partial charge in [0.05, 0.1) is 16.6 Å². The number of fused-ring (bicyclic) bond motifs is 1. The molecule has 0 saturated carbocycles. The average Bonchev–Trinajstić information content (AvgIpc) is 3.55. The zero-order chi connectivity index (χ0) is 23.8. The van der Waals surface area contributed by atoms with Crippen LogP contribution in [0.3, 0.4) is 0 Å². The molecule has 5 rings (SSSR count). The summed E-state index contributed by atoms with van der Waals surface area (Å²) < 4.78 is 28.5. The van der Waals surface area contributed by atoms with E-state index in [1.807, 2.05) is 13.8 Å². The normalized spacial score (nSPS) is 12.5. The van der Waals surface area contributed by atoms with Crippen molar-refractivity contribution >= 4 is 22.6 Å². The summed E-state index contributed by atoms with van der Waals surface area (Å²) in [5.74, 6) is -1.79. The van der Waals surface area contributed by atoms with Gasteiger partial charge in [0.25, 0.3) is 0 Å². The number of anilines is 1. The van der Waals surface area contributed by atoms with E-state index in [9.17, 15) is 13.6 Å². The fourth-order valence-corrected chi connectivity index (χ4v) is 3.36. The van der Waals surface area contributed by atoms with E-state index in [1.54, 1.807) is 6.07 Å². The Kier molecular flexibility index (Phi) is 8.15. The van der Waals surface area contributed by atoms with Gasteiger partial charge < -0.3 is 11.1 Å². The number of aromatic amines is 1. The predicted octanol–water partition coefficient (Wildman–Crippen LogP) is 4.51. The second-order valence-electron chi connectivity index (χ2n) is 7.02. The molecule has 0 bridgehead atoms. The van der Waals surface area contributed by atoms with Crippen LogP contribution in [0.2, 0.25) is 0 Å². The summed E-state index contributed by atoms with van der Waals surface area (Å²) in [6, 6.07) is 9.42. The van der Waals surface area contributed by atoms with Crippen LogP contribution in [0.1, 0.15) is 42.6 Å². The monoisotopic (exact) mass is 452 g/mol. The molecule has 2 aromatic heterocycles. The Balaban J connectivity index is 0.000000381. The van der Waals surface area contributed by atoms with Crippen molar-refractivity contribution in [2.24, 2.45) is 0 Å². The summed E-state index contributed by atoms with van der Waals surface area (Å²) in [5.41, 5.74) is 6.50. The van der Waals surface area contributed by atoms with Gasteiger partial charge in [-0.2, -0.15) is 5.10 Å². The van der Waals surface area contributed by atoms with Crippen LogP contribution in [0, 0.1) is 11.6 Å². The quantitative estimate of drug-likeness (QED) is 0.395. The fourth-order valence-electron chi connectivity index (χ4n) is 3.36. The first-order chi connectivity index (χ1) is 16.1. The molecule has 3 heterocycles. The van der Waals surface area contributed by atoms with Gasteiger partial charge >= 0.3 is 0 Å². The number of H-pyrrole nitrogens is 1. The second kappa shape index (κ2) is 11.2. The van der Waals surface area contributed by atoms with Crippen molar-refractivity contribution in [2.45, 2.75) is 26.7 Å². The minimum Gasteiger partial charge on any atom is -0.383 e. The van der Waals surface area contributed by atoms with Gasteiger partial charge in [-0.1, -0.05) is 32.0 Å². The van der Waals surface area contributed by atoms with Gasteiger partial charge in [-0.05, 0) is 50.2 Å². The summed E-state index contributed by atoms with van der Waals surface area (Å²) in [4.78, 5) is 20.3. The van der Waals surface area contributed by atoms with E-state index in [2.05, 4.69) is 25.5 Å². The number of carbonyl (C=O) groups excluding carboxylic acids is 1. The molecule has 1 fully saturated rings. The highest BCUT2D eigenvalue weighted by molar-refractivity contribution is 6.09. The smallest absolute Gasteiger partial charge is 0.196 e. The van der Waals surface area contributed by atoms with Crippen LogP contribution in [0.25, 0.3) is 22.3 Å². The van der Waals surface area contributed by atoms with Crippen LogP contribution in [-0.2, 0) is 0 Å². The van der Waals surface area contributed by atoms with Crippen LogP contribution in [-0.4, -0.2) is 39.0 Å². The largest absolute Gasteiger partial charge is 0.383 e. The maximum absolute atomic E-state index is 14.7. The van der Waals surface area contributed by atoms with Crippen LogP contribution < -0.4 is 11.1 Å². The number of carbonyl (C=O) groups is 1. The number of hydrogen-bond acceptors (Lipinski definition) is 6. The summed E-state index contributed by atoms with van der Waals surface area (Å²) in [7, 11) is 0. The summed E-state index contributed by atoms with van der Waals surface area (Å²) in [5, 5.41) is 10.3. The van der Waals surface area contributed by atoms with Crippen molar-refractivity contribution in [3.63, 3.8) is 0 Å². The second-order valence-corrected chi connectivity index (χ2v) is 7.02. The minimum absolute atomic E-state index is 0.0318. The van der Waals surface area contributed by atoms with Gasteiger partial charge in [0.2, 0.25) is 0 Å². The Morgan fingerprint density at radius 2 is 1.73 bits per heavy atom. The topological polar surface area (TPSA) is 110 Å². The highest BCUT2D eigenvalue weighted by Crippen LogP contribution is 2.31. The first kappa shape index (κ1) is 23.9. The first-order valence-electron chi connectivity index (χ1n) is 10.8. The van der Waals surface area contributed by atoms with Gasteiger partial charge in [0.15, 0.2) is 11.4 Å². The molecule has 0 unspecified atom stereocenters. The molecule has 4 aromatic rings. The van der Waals surface area contributed by atoms with Gasteiger partial charge in [-0.15, -0.1) is 0 Å². The highest BCUT2D eigenvalue weighted by Gasteiger charge is 2.19. The lowest BCUT2D eigenvalue weighted by Crippen LogP contribution is -2.05. The van der Waals surface area contributed by atoms with Gasteiger partial charge in [0, 0.05) is 11.1 Å². The number of nitrogen functional groups attached to an aromatic ring is 1. The zero-order valence-electron chi connectivity index (χ0n) is 18.5. The van der Waals surface area contributed by atoms with Crippen molar-refractivity contribution in [2.75, 3.05) is 18.8 Å². The lowest BCUT2D eigenvalue weighted by atomic mass is 10.00. The van der Waals surface area contributed by atoms with Gasteiger partial charge in [-0.25, -0.2) is 18.7 Å². The maximum Gasteiger partial charge on any atom is 0.196 e. The van der Waals surface area contributed by atoms with E-state index >= 15 is 0 Å². The lowest BCUT2D eigenvalue weighted by Gasteiger charge is -2.06. The van der Waals surface area contributed by atoms with E-state index < -0.39 is 17.4 Å². The van der Waals surface area contributed by atoms with E-state index in [4.69, 9.17) is 5.73 Å². The number of ketones is 1. The molecule has 0 atom stereocenters. The molecule has 1 aliphatic heterocycles. The summed E-state index contributed by atoms with van der Waals surface area (Å²) in [6.07, 6.45) is 4.04.